The van der Waals surface area contributed by atoms with Crippen LogP contribution in [0, 0.1) is 0 Å². The number of rotatable bonds is 3. The molecule has 0 aromatic carbocycles. The SMILES string of the molecule is CCOC(=O)N1CCCSCC1CN1CCCCC1. The average Bonchev–Trinajstić information content (AvgIpc) is 2.66. The van der Waals surface area contributed by atoms with Gasteiger partial charge in [-0.1, -0.05) is 6.42 Å². The van der Waals surface area contributed by atoms with E-state index < -0.39 is 0 Å². The molecular weight excluding hydrogens is 260 g/mol. The van der Waals surface area contributed by atoms with Crippen LogP contribution in [0.25, 0.3) is 0 Å². The average molecular weight is 286 g/mol. The molecular formula is C14H26N2O2S. The highest BCUT2D eigenvalue weighted by molar-refractivity contribution is 7.99. The summed E-state index contributed by atoms with van der Waals surface area (Å²) in [6.45, 7) is 6.61. The van der Waals surface area contributed by atoms with E-state index in [1.165, 1.54) is 32.4 Å². The summed E-state index contributed by atoms with van der Waals surface area (Å²) in [6.07, 6.45) is 4.93. The highest BCUT2D eigenvalue weighted by Gasteiger charge is 2.28. The molecule has 0 spiro atoms. The Morgan fingerprint density at radius 2 is 2.00 bits per heavy atom. The van der Waals surface area contributed by atoms with E-state index in [4.69, 9.17) is 4.74 Å². The van der Waals surface area contributed by atoms with Crippen molar-refractivity contribution in [3.63, 3.8) is 0 Å². The first-order valence-electron chi connectivity index (χ1n) is 7.54. The molecule has 0 bridgehead atoms. The molecule has 19 heavy (non-hydrogen) atoms. The topological polar surface area (TPSA) is 32.8 Å². The number of hydrogen-bond acceptors (Lipinski definition) is 4. The molecule has 0 radical (unpaired) electrons. The molecule has 5 heteroatoms. The third-order valence-electron chi connectivity index (χ3n) is 3.86. The van der Waals surface area contributed by atoms with Crippen LogP contribution < -0.4 is 0 Å². The highest BCUT2D eigenvalue weighted by atomic mass is 32.2. The molecule has 0 aromatic heterocycles. The van der Waals surface area contributed by atoms with Crippen LogP contribution in [0.2, 0.25) is 0 Å². The highest BCUT2D eigenvalue weighted by Crippen LogP contribution is 2.19. The smallest absolute Gasteiger partial charge is 0.410 e. The number of piperidine rings is 1. The fourth-order valence-electron chi connectivity index (χ4n) is 2.87. The van der Waals surface area contributed by atoms with Gasteiger partial charge in [-0.3, -0.25) is 0 Å². The predicted molar refractivity (Wildman–Crippen MR) is 79.7 cm³/mol. The zero-order valence-corrected chi connectivity index (χ0v) is 12.8. The van der Waals surface area contributed by atoms with Crippen molar-refractivity contribution in [1.29, 1.82) is 0 Å². The van der Waals surface area contributed by atoms with Gasteiger partial charge in [0.15, 0.2) is 0 Å². The lowest BCUT2D eigenvalue weighted by molar-refractivity contribution is 0.0818. The normalized spacial score (nSPS) is 25.9. The van der Waals surface area contributed by atoms with Crippen molar-refractivity contribution in [3.05, 3.63) is 0 Å². The van der Waals surface area contributed by atoms with Crippen molar-refractivity contribution >= 4 is 17.9 Å². The van der Waals surface area contributed by atoms with Crippen LogP contribution in [0.15, 0.2) is 0 Å². The van der Waals surface area contributed by atoms with Crippen molar-refractivity contribution in [2.75, 3.05) is 44.3 Å². The Balaban J connectivity index is 1.93. The van der Waals surface area contributed by atoms with E-state index in [2.05, 4.69) is 4.90 Å². The largest absolute Gasteiger partial charge is 0.450 e. The Kier molecular flexibility index (Phi) is 6.31. The minimum atomic E-state index is -0.119. The minimum absolute atomic E-state index is 0.119. The number of amides is 1. The Labute approximate surface area is 120 Å². The molecule has 1 amide bonds. The molecule has 2 aliphatic heterocycles. The maximum absolute atomic E-state index is 12.1. The quantitative estimate of drug-likeness (QED) is 0.798. The van der Waals surface area contributed by atoms with Crippen LogP contribution in [0.5, 0.6) is 0 Å². The summed E-state index contributed by atoms with van der Waals surface area (Å²) in [6, 6.07) is 0.324. The van der Waals surface area contributed by atoms with E-state index in [1.54, 1.807) is 0 Å². The van der Waals surface area contributed by atoms with Gasteiger partial charge in [0, 0.05) is 18.8 Å². The Hall–Kier alpha value is -0.420. The summed E-state index contributed by atoms with van der Waals surface area (Å²) in [5.41, 5.74) is 0. The number of ether oxygens (including phenoxy) is 1. The summed E-state index contributed by atoms with van der Waals surface area (Å²) in [5, 5.41) is 0. The van der Waals surface area contributed by atoms with Crippen LogP contribution in [0.1, 0.15) is 32.6 Å². The van der Waals surface area contributed by atoms with Crippen molar-refractivity contribution in [1.82, 2.24) is 9.80 Å². The lowest BCUT2D eigenvalue weighted by Crippen LogP contribution is -2.49. The van der Waals surface area contributed by atoms with Crippen LogP contribution in [0.4, 0.5) is 4.79 Å². The summed E-state index contributed by atoms with van der Waals surface area (Å²) >= 11 is 1.98. The molecule has 2 saturated heterocycles. The third-order valence-corrected chi connectivity index (χ3v) is 5.06. The van der Waals surface area contributed by atoms with Gasteiger partial charge in [-0.25, -0.2) is 4.79 Å². The molecule has 0 N–H and O–H groups in total. The van der Waals surface area contributed by atoms with E-state index >= 15 is 0 Å². The number of likely N-dealkylation sites (tertiary alicyclic amines) is 1. The van der Waals surface area contributed by atoms with Gasteiger partial charge in [0.1, 0.15) is 0 Å². The van der Waals surface area contributed by atoms with Gasteiger partial charge < -0.3 is 14.5 Å². The molecule has 4 nitrogen and oxygen atoms in total. The van der Waals surface area contributed by atoms with Crippen LogP contribution in [0.3, 0.4) is 0 Å². The fourth-order valence-corrected chi connectivity index (χ4v) is 3.92. The molecule has 2 heterocycles. The molecule has 1 unspecified atom stereocenters. The molecule has 2 aliphatic rings. The van der Waals surface area contributed by atoms with Crippen LogP contribution in [-0.2, 0) is 4.74 Å². The van der Waals surface area contributed by atoms with Crippen molar-refractivity contribution in [3.8, 4) is 0 Å². The van der Waals surface area contributed by atoms with Gasteiger partial charge in [-0.15, -0.1) is 0 Å². The summed E-state index contributed by atoms with van der Waals surface area (Å²) in [7, 11) is 0. The number of nitrogens with zero attached hydrogens (tertiary/aromatic N) is 2. The van der Waals surface area contributed by atoms with Gasteiger partial charge in [-0.05, 0) is 45.0 Å². The number of carbonyl (C=O) groups excluding carboxylic acids is 1. The van der Waals surface area contributed by atoms with Crippen molar-refractivity contribution in [2.45, 2.75) is 38.6 Å². The molecule has 2 fully saturated rings. The first-order chi connectivity index (χ1) is 9.31. The molecule has 110 valence electrons. The zero-order valence-electron chi connectivity index (χ0n) is 12.0. The van der Waals surface area contributed by atoms with Crippen molar-refractivity contribution < 1.29 is 9.53 Å². The maximum Gasteiger partial charge on any atom is 0.410 e. The predicted octanol–water partition coefficient (Wildman–Crippen LogP) is 2.44. The van der Waals surface area contributed by atoms with Gasteiger partial charge in [0.05, 0.1) is 12.6 Å². The standard InChI is InChI=1S/C14H26N2O2S/c1-2-18-14(17)16-9-6-10-19-12-13(16)11-15-7-4-3-5-8-15/h13H,2-12H2,1H3. The van der Waals surface area contributed by atoms with Gasteiger partial charge in [-0.2, -0.15) is 11.8 Å². The summed E-state index contributed by atoms with van der Waals surface area (Å²) in [4.78, 5) is 16.6. The Bertz CT molecular complexity index is 283. The maximum atomic E-state index is 12.1. The molecule has 2 rings (SSSR count). The van der Waals surface area contributed by atoms with E-state index in [1.807, 2.05) is 23.6 Å². The molecule has 0 saturated carbocycles. The fraction of sp³-hybridized carbons (Fsp3) is 0.929. The van der Waals surface area contributed by atoms with Gasteiger partial charge >= 0.3 is 6.09 Å². The van der Waals surface area contributed by atoms with E-state index in [0.29, 0.717) is 12.6 Å². The van der Waals surface area contributed by atoms with Gasteiger partial charge in [0.25, 0.3) is 0 Å². The second kappa shape index (κ2) is 8.00. The second-order valence-corrected chi connectivity index (χ2v) is 6.49. The minimum Gasteiger partial charge on any atom is -0.450 e. The lowest BCUT2D eigenvalue weighted by atomic mass is 10.1. The number of hydrogen-bond donors (Lipinski definition) is 0. The van der Waals surface area contributed by atoms with Gasteiger partial charge in [0.2, 0.25) is 0 Å². The lowest BCUT2D eigenvalue weighted by Gasteiger charge is -2.35. The van der Waals surface area contributed by atoms with E-state index in [-0.39, 0.29) is 6.09 Å². The van der Waals surface area contributed by atoms with Crippen LogP contribution in [-0.4, -0.2) is 66.2 Å². The Morgan fingerprint density at radius 3 is 2.74 bits per heavy atom. The zero-order chi connectivity index (χ0) is 13.5. The molecule has 0 aromatic rings. The first-order valence-corrected chi connectivity index (χ1v) is 8.70. The molecule has 1 atom stereocenters. The van der Waals surface area contributed by atoms with E-state index in [9.17, 15) is 4.79 Å². The third kappa shape index (κ3) is 4.56. The van der Waals surface area contributed by atoms with Crippen molar-refractivity contribution in [2.24, 2.45) is 0 Å². The summed E-state index contributed by atoms with van der Waals surface area (Å²) in [5.74, 6) is 2.21. The first kappa shape index (κ1) is 15.0. The van der Waals surface area contributed by atoms with Crippen LogP contribution >= 0.6 is 11.8 Å². The summed E-state index contributed by atoms with van der Waals surface area (Å²) < 4.78 is 5.22. The Morgan fingerprint density at radius 1 is 1.21 bits per heavy atom. The van der Waals surface area contributed by atoms with E-state index in [0.717, 1.165) is 31.0 Å². The molecule has 0 aliphatic carbocycles. The monoisotopic (exact) mass is 286 g/mol. The second-order valence-electron chi connectivity index (χ2n) is 5.34. The number of thioether (sulfide) groups is 1. The number of carbonyl (C=O) groups is 1.